The fourth-order valence-electron chi connectivity index (χ4n) is 1.58. The summed E-state index contributed by atoms with van der Waals surface area (Å²) in [5, 5.41) is 0.636. The van der Waals surface area contributed by atoms with E-state index in [0.717, 1.165) is 0 Å². The molecular formula is C15H16ClN3O3. The molecule has 6 nitrogen and oxygen atoms in total. The van der Waals surface area contributed by atoms with Gasteiger partial charge in [-0.3, -0.25) is 0 Å². The van der Waals surface area contributed by atoms with Crippen molar-refractivity contribution in [3.8, 4) is 11.6 Å². The number of aromatic nitrogens is 2. The maximum Gasteiger partial charge on any atom is 0.416 e. The second-order valence-electron chi connectivity index (χ2n) is 4.77. The van der Waals surface area contributed by atoms with E-state index in [1.54, 1.807) is 51.4 Å². The van der Waals surface area contributed by atoms with E-state index in [-0.39, 0.29) is 12.5 Å². The van der Waals surface area contributed by atoms with Crippen molar-refractivity contribution < 1.29 is 14.3 Å². The zero-order chi connectivity index (χ0) is 16.1. The van der Waals surface area contributed by atoms with Crippen molar-refractivity contribution in [1.82, 2.24) is 14.9 Å². The first kappa shape index (κ1) is 16.0. The minimum atomic E-state index is -0.498. The summed E-state index contributed by atoms with van der Waals surface area (Å²) in [7, 11) is 3.20. The van der Waals surface area contributed by atoms with E-state index in [1.165, 1.54) is 4.90 Å². The van der Waals surface area contributed by atoms with E-state index in [9.17, 15) is 4.79 Å². The van der Waals surface area contributed by atoms with Crippen LogP contribution in [-0.2, 0) is 6.61 Å². The van der Waals surface area contributed by atoms with Crippen LogP contribution in [0.25, 0.3) is 0 Å². The van der Waals surface area contributed by atoms with Gasteiger partial charge >= 0.3 is 6.09 Å². The molecule has 1 aromatic carbocycles. The van der Waals surface area contributed by atoms with Crippen LogP contribution >= 0.6 is 11.6 Å². The van der Waals surface area contributed by atoms with Gasteiger partial charge < -0.3 is 14.4 Å². The predicted octanol–water partition coefficient (Wildman–Crippen LogP) is 3.08. The highest BCUT2D eigenvalue weighted by molar-refractivity contribution is 6.30. The molecule has 2 aromatic rings. The Morgan fingerprint density at radius 3 is 2.55 bits per heavy atom. The molecule has 0 radical (unpaired) electrons. The fraction of sp³-hybridized carbons (Fsp3) is 0.267. The smallest absolute Gasteiger partial charge is 0.416 e. The molecule has 116 valence electrons. The van der Waals surface area contributed by atoms with Crippen LogP contribution < -0.4 is 9.47 Å². The molecule has 0 atom stereocenters. The van der Waals surface area contributed by atoms with Gasteiger partial charge in [0.25, 0.3) is 0 Å². The lowest BCUT2D eigenvalue weighted by Crippen LogP contribution is -2.26. The Morgan fingerprint density at radius 2 is 1.91 bits per heavy atom. The van der Waals surface area contributed by atoms with Crippen LogP contribution in [-0.4, -0.2) is 35.1 Å². The van der Waals surface area contributed by atoms with E-state index in [4.69, 9.17) is 21.1 Å². The molecule has 22 heavy (non-hydrogen) atoms. The monoisotopic (exact) mass is 321 g/mol. The van der Waals surface area contributed by atoms with Crippen LogP contribution in [0, 0.1) is 6.92 Å². The average Bonchev–Trinajstić information content (AvgIpc) is 2.46. The van der Waals surface area contributed by atoms with Gasteiger partial charge in [-0.1, -0.05) is 11.6 Å². The summed E-state index contributed by atoms with van der Waals surface area (Å²) in [6.07, 6.45) is -0.498. The number of ether oxygens (including phenoxy) is 2. The van der Waals surface area contributed by atoms with Crippen molar-refractivity contribution in [3.05, 3.63) is 46.9 Å². The number of benzene rings is 1. The summed E-state index contributed by atoms with van der Waals surface area (Å²) >= 11 is 5.81. The maximum absolute atomic E-state index is 11.5. The molecule has 0 aliphatic rings. The summed E-state index contributed by atoms with van der Waals surface area (Å²) in [6.45, 7) is 1.95. The van der Waals surface area contributed by atoms with Gasteiger partial charge in [0.2, 0.25) is 5.88 Å². The molecule has 0 N–H and O–H groups in total. The first-order chi connectivity index (χ1) is 10.4. The highest BCUT2D eigenvalue weighted by Crippen LogP contribution is 2.17. The number of carbonyl (C=O) groups excluding carboxylic acids is 1. The molecule has 1 heterocycles. The second-order valence-corrected chi connectivity index (χ2v) is 5.21. The molecule has 1 amide bonds. The van der Waals surface area contributed by atoms with Crippen molar-refractivity contribution in [2.45, 2.75) is 13.5 Å². The average molecular weight is 322 g/mol. The van der Waals surface area contributed by atoms with Gasteiger partial charge in [0.15, 0.2) is 5.82 Å². The van der Waals surface area contributed by atoms with Crippen LogP contribution in [0.4, 0.5) is 4.79 Å². The van der Waals surface area contributed by atoms with E-state index < -0.39 is 6.09 Å². The molecule has 0 fully saturated rings. The third-order valence-electron chi connectivity index (χ3n) is 2.62. The Balaban J connectivity index is 2.06. The first-order valence-corrected chi connectivity index (χ1v) is 6.94. The number of hydrogen-bond donors (Lipinski definition) is 0. The quantitative estimate of drug-likeness (QED) is 0.866. The summed E-state index contributed by atoms with van der Waals surface area (Å²) in [6, 6.07) is 8.57. The molecule has 0 spiro atoms. The highest BCUT2D eigenvalue weighted by atomic mass is 35.5. The molecule has 0 saturated carbocycles. The number of hydrogen-bond acceptors (Lipinski definition) is 5. The summed E-state index contributed by atoms with van der Waals surface area (Å²) in [4.78, 5) is 21.3. The van der Waals surface area contributed by atoms with Crippen LogP contribution in [0.2, 0.25) is 5.02 Å². The van der Waals surface area contributed by atoms with E-state index >= 15 is 0 Å². The number of rotatable bonds is 4. The van der Waals surface area contributed by atoms with Crippen molar-refractivity contribution in [1.29, 1.82) is 0 Å². The predicted molar refractivity (Wildman–Crippen MR) is 82.3 cm³/mol. The Morgan fingerprint density at radius 1 is 1.23 bits per heavy atom. The Bertz CT molecular complexity index is 660. The van der Waals surface area contributed by atoms with Crippen LogP contribution in [0.5, 0.6) is 11.6 Å². The van der Waals surface area contributed by atoms with E-state index in [2.05, 4.69) is 9.97 Å². The normalized spacial score (nSPS) is 10.2. The van der Waals surface area contributed by atoms with Crippen molar-refractivity contribution in [2.75, 3.05) is 14.1 Å². The molecule has 0 bridgehead atoms. The SMILES string of the molecule is Cc1cc(OC(=O)N(C)C)nc(COc2ccc(Cl)cc2)n1. The van der Waals surface area contributed by atoms with Crippen LogP contribution in [0.3, 0.4) is 0 Å². The summed E-state index contributed by atoms with van der Waals surface area (Å²) < 4.78 is 10.7. The first-order valence-electron chi connectivity index (χ1n) is 6.56. The molecule has 0 aliphatic heterocycles. The van der Waals surface area contributed by atoms with Gasteiger partial charge in [0, 0.05) is 30.9 Å². The molecule has 0 saturated heterocycles. The van der Waals surface area contributed by atoms with Gasteiger partial charge in [-0.05, 0) is 31.2 Å². The second kappa shape index (κ2) is 7.09. The van der Waals surface area contributed by atoms with Gasteiger partial charge in [-0.2, -0.15) is 4.98 Å². The fourth-order valence-corrected chi connectivity index (χ4v) is 1.70. The number of carbonyl (C=O) groups is 1. The van der Waals surface area contributed by atoms with Gasteiger partial charge in [-0.25, -0.2) is 9.78 Å². The minimum Gasteiger partial charge on any atom is -0.486 e. The lowest BCUT2D eigenvalue weighted by Gasteiger charge is -2.11. The summed E-state index contributed by atoms with van der Waals surface area (Å²) in [5.41, 5.74) is 0.686. The van der Waals surface area contributed by atoms with E-state index in [1.807, 2.05) is 0 Å². The Hall–Kier alpha value is -2.34. The molecule has 7 heteroatoms. The highest BCUT2D eigenvalue weighted by Gasteiger charge is 2.10. The van der Waals surface area contributed by atoms with Crippen molar-refractivity contribution in [3.63, 3.8) is 0 Å². The minimum absolute atomic E-state index is 0.163. The third-order valence-corrected chi connectivity index (χ3v) is 2.87. The molecule has 0 aliphatic carbocycles. The lowest BCUT2D eigenvalue weighted by atomic mass is 10.3. The van der Waals surface area contributed by atoms with E-state index in [0.29, 0.717) is 22.3 Å². The van der Waals surface area contributed by atoms with Gasteiger partial charge in [0.05, 0.1) is 0 Å². The van der Waals surface area contributed by atoms with Crippen LogP contribution in [0.1, 0.15) is 11.5 Å². The van der Waals surface area contributed by atoms with Gasteiger partial charge in [0.1, 0.15) is 12.4 Å². The standard InChI is InChI=1S/C15H16ClN3O3/c1-10-8-14(22-15(20)19(2)3)18-13(17-10)9-21-12-6-4-11(16)5-7-12/h4-8H,9H2,1-3H3. The summed E-state index contributed by atoms with van der Waals surface area (Å²) in [5.74, 6) is 1.28. The lowest BCUT2D eigenvalue weighted by molar-refractivity contribution is 0.169. The number of halogens is 1. The number of nitrogens with zero attached hydrogens (tertiary/aromatic N) is 3. The van der Waals surface area contributed by atoms with Crippen molar-refractivity contribution in [2.24, 2.45) is 0 Å². The molecule has 1 aromatic heterocycles. The maximum atomic E-state index is 11.5. The zero-order valence-corrected chi connectivity index (χ0v) is 13.3. The molecule has 2 rings (SSSR count). The third kappa shape index (κ3) is 4.60. The molecular weight excluding hydrogens is 306 g/mol. The van der Waals surface area contributed by atoms with Crippen LogP contribution in [0.15, 0.2) is 30.3 Å². The Kier molecular flexibility index (Phi) is 5.16. The van der Waals surface area contributed by atoms with Crippen molar-refractivity contribution >= 4 is 17.7 Å². The van der Waals surface area contributed by atoms with Gasteiger partial charge in [-0.15, -0.1) is 0 Å². The topological polar surface area (TPSA) is 64.5 Å². The largest absolute Gasteiger partial charge is 0.486 e. The number of amides is 1. The number of aryl methyl sites for hydroxylation is 1. The Labute approximate surface area is 133 Å². The zero-order valence-electron chi connectivity index (χ0n) is 12.5. The molecule has 0 unspecified atom stereocenters.